The zero-order chi connectivity index (χ0) is 20.2. The minimum atomic E-state index is 0.545. The number of nitrogens with one attached hydrogen (secondary N) is 2. The molecule has 0 aromatic heterocycles. The van der Waals surface area contributed by atoms with Gasteiger partial charge in [0.05, 0.1) is 13.2 Å². The molecule has 1 unspecified atom stereocenters. The third-order valence-corrected chi connectivity index (χ3v) is 6.10. The van der Waals surface area contributed by atoms with Crippen LogP contribution in [0.4, 0.5) is 0 Å². The molecule has 0 amide bonds. The van der Waals surface area contributed by atoms with Crippen LogP contribution in [0.3, 0.4) is 0 Å². The van der Waals surface area contributed by atoms with Crippen molar-refractivity contribution in [2.75, 3.05) is 66.1 Å². The number of ether oxygens (including phenoxy) is 1. The summed E-state index contributed by atoms with van der Waals surface area (Å²) in [5.41, 5.74) is 0. The van der Waals surface area contributed by atoms with Crippen molar-refractivity contribution in [3.63, 3.8) is 0 Å². The summed E-state index contributed by atoms with van der Waals surface area (Å²) >= 11 is 0. The van der Waals surface area contributed by atoms with Crippen LogP contribution in [-0.4, -0.2) is 87.9 Å². The van der Waals surface area contributed by atoms with Gasteiger partial charge in [-0.1, -0.05) is 20.8 Å². The monoisotopic (exact) mass is 395 g/mol. The highest BCUT2D eigenvalue weighted by atomic mass is 16.5. The number of hydrogen-bond acceptors (Lipinski definition) is 4. The zero-order valence-corrected chi connectivity index (χ0v) is 18.9. The number of rotatable bonds is 10. The van der Waals surface area contributed by atoms with Gasteiger partial charge in [0.1, 0.15) is 0 Å². The van der Waals surface area contributed by atoms with Gasteiger partial charge >= 0.3 is 0 Å². The Kier molecular flexibility index (Phi) is 11.2. The molecule has 2 N–H and O–H groups in total. The third-order valence-electron chi connectivity index (χ3n) is 6.10. The Balaban J connectivity index is 1.62. The molecule has 2 aliphatic rings. The van der Waals surface area contributed by atoms with Gasteiger partial charge < -0.3 is 20.3 Å². The lowest BCUT2D eigenvalue weighted by atomic mass is 9.99. The van der Waals surface area contributed by atoms with Crippen LogP contribution in [0.2, 0.25) is 0 Å². The van der Waals surface area contributed by atoms with Crippen molar-refractivity contribution in [3.05, 3.63) is 0 Å². The van der Waals surface area contributed by atoms with Gasteiger partial charge in [0.25, 0.3) is 0 Å². The van der Waals surface area contributed by atoms with Crippen molar-refractivity contribution in [1.82, 2.24) is 20.4 Å². The highest BCUT2D eigenvalue weighted by Gasteiger charge is 2.22. The van der Waals surface area contributed by atoms with Gasteiger partial charge in [-0.3, -0.25) is 9.89 Å². The number of nitrogens with zero attached hydrogens (tertiary/aromatic N) is 3. The van der Waals surface area contributed by atoms with Crippen LogP contribution in [0, 0.1) is 11.8 Å². The number of unbranched alkanes of at least 4 members (excludes halogenated alkanes) is 1. The summed E-state index contributed by atoms with van der Waals surface area (Å²) in [5, 5.41) is 7.07. The van der Waals surface area contributed by atoms with E-state index in [9.17, 15) is 0 Å². The van der Waals surface area contributed by atoms with Gasteiger partial charge in [0, 0.05) is 39.3 Å². The number of likely N-dealkylation sites (tertiary alicyclic amines) is 1. The third kappa shape index (κ3) is 9.10. The smallest absolute Gasteiger partial charge is 0.191 e. The van der Waals surface area contributed by atoms with E-state index in [4.69, 9.17) is 4.74 Å². The first-order valence-electron chi connectivity index (χ1n) is 11.6. The average molecular weight is 396 g/mol. The second-order valence-corrected chi connectivity index (χ2v) is 9.04. The molecule has 6 heteroatoms. The molecule has 2 fully saturated rings. The number of hydrogen-bond donors (Lipinski definition) is 2. The average Bonchev–Trinajstić information content (AvgIpc) is 2.70. The molecule has 0 radical (unpaired) electrons. The normalized spacial score (nSPS) is 21.8. The summed E-state index contributed by atoms with van der Waals surface area (Å²) < 4.78 is 5.53. The first-order chi connectivity index (χ1) is 13.6. The number of aliphatic imine (C=N–C) groups is 1. The maximum absolute atomic E-state index is 5.53. The fourth-order valence-corrected chi connectivity index (χ4v) is 4.24. The quantitative estimate of drug-likeness (QED) is 0.338. The van der Waals surface area contributed by atoms with E-state index in [0.29, 0.717) is 12.0 Å². The molecule has 28 heavy (non-hydrogen) atoms. The zero-order valence-electron chi connectivity index (χ0n) is 18.9. The van der Waals surface area contributed by atoms with Crippen LogP contribution in [-0.2, 0) is 4.74 Å². The fraction of sp³-hybridized carbons (Fsp3) is 0.955. The van der Waals surface area contributed by atoms with Crippen LogP contribution in [0.1, 0.15) is 52.9 Å². The van der Waals surface area contributed by atoms with Crippen molar-refractivity contribution in [3.8, 4) is 0 Å². The Morgan fingerprint density at radius 2 is 1.79 bits per heavy atom. The fourth-order valence-electron chi connectivity index (χ4n) is 4.24. The molecule has 0 saturated carbocycles. The first kappa shape index (κ1) is 23.4. The first-order valence-corrected chi connectivity index (χ1v) is 11.6. The Morgan fingerprint density at radius 3 is 2.43 bits per heavy atom. The number of piperidine rings is 1. The predicted molar refractivity (Wildman–Crippen MR) is 119 cm³/mol. The second kappa shape index (κ2) is 13.4. The molecule has 2 saturated heterocycles. The standard InChI is InChI=1S/C22H45N5O/c1-19(2)17-21(27-13-15-28-16-14-27)18-25-22(23-4)24-9-5-6-10-26-11-7-20(3)8-12-26/h19-21H,5-18H2,1-4H3,(H2,23,24,25). The molecular weight excluding hydrogens is 350 g/mol. The Morgan fingerprint density at radius 1 is 1.07 bits per heavy atom. The van der Waals surface area contributed by atoms with Crippen LogP contribution in [0.25, 0.3) is 0 Å². The van der Waals surface area contributed by atoms with E-state index in [-0.39, 0.29) is 0 Å². The minimum absolute atomic E-state index is 0.545. The minimum Gasteiger partial charge on any atom is -0.379 e. The van der Waals surface area contributed by atoms with E-state index >= 15 is 0 Å². The van der Waals surface area contributed by atoms with E-state index in [0.717, 1.165) is 51.3 Å². The lowest BCUT2D eigenvalue weighted by molar-refractivity contribution is 0.0132. The molecule has 6 nitrogen and oxygen atoms in total. The van der Waals surface area contributed by atoms with Gasteiger partial charge in [-0.2, -0.15) is 0 Å². The Hall–Kier alpha value is -0.850. The lowest BCUT2D eigenvalue weighted by Crippen LogP contribution is -2.51. The maximum atomic E-state index is 5.53. The van der Waals surface area contributed by atoms with E-state index in [2.05, 4.69) is 46.2 Å². The molecule has 2 rings (SSSR count). The summed E-state index contributed by atoms with van der Waals surface area (Å²) in [4.78, 5) is 9.62. The molecule has 0 aromatic rings. The van der Waals surface area contributed by atoms with Gasteiger partial charge in [0.2, 0.25) is 0 Å². The van der Waals surface area contributed by atoms with Gasteiger partial charge in [-0.25, -0.2) is 0 Å². The topological polar surface area (TPSA) is 52.1 Å². The second-order valence-electron chi connectivity index (χ2n) is 9.04. The molecule has 1 atom stereocenters. The van der Waals surface area contributed by atoms with Crippen molar-refractivity contribution < 1.29 is 4.74 Å². The van der Waals surface area contributed by atoms with Gasteiger partial charge in [0.15, 0.2) is 5.96 Å². The molecular formula is C22H45N5O. The van der Waals surface area contributed by atoms with Gasteiger partial charge in [-0.15, -0.1) is 0 Å². The largest absolute Gasteiger partial charge is 0.379 e. The van der Waals surface area contributed by atoms with Crippen molar-refractivity contribution >= 4 is 5.96 Å². The maximum Gasteiger partial charge on any atom is 0.191 e. The summed E-state index contributed by atoms with van der Waals surface area (Å²) in [6.45, 7) is 16.6. The van der Waals surface area contributed by atoms with Crippen molar-refractivity contribution in [2.24, 2.45) is 16.8 Å². The van der Waals surface area contributed by atoms with Crippen LogP contribution in [0.5, 0.6) is 0 Å². The summed E-state index contributed by atoms with van der Waals surface area (Å²) in [7, 11) is 1.87. The van der Waals surface area contributed by atoms with E-state index in [1.165, 1.54) is 51.7 Å². The highest BCUT2D eigenvalue weighted by molar-refractivity contribution is 5.79. The SMILES string of the molecule is CN=C(NCCCCN1CCC(C)CC1)NCC(CC(C)C)N1CCOCC1. The summed E-state index contributed by atoms with van der Waals surface area (Å²) in [5.74, 6) is 2.56. The highest BCUT2D eigenvalue weighted by Crippen LogP contribution is 2.16. The number of morpholine rings is 1. The molecule has 2 heterocycles. The van der Waals surface area contributed by atoms with Crippen molar-refractivity contribution in [1.29, 1.82) is 0 Å². The van der Waals surface area contributed by atoms with Crippen LogP contribution < -0.4 is 10.6 Å². The molecule has 0 bridgehead atoms. The van der Waals surface area contributed by atoms with E-state index in [1.54, 1.807) is 0 Å². The predicted octanol–water partition coefficient (Wildman–Crippen LogP) is 2.41. The summed E-state index contributed by atoms with van der Waals surface area (Å²) in [6, 6.07) is 0.545. The van der Waals surface area contributed by atoms with Gasteiger partial charge in [-0.05, 0) is 63.6 Å². The Bertz CT molecular complexity index is 429. The van der Waals surface area contributed by atoms with Crippen molar-refractivity contribution in [2.45, 2.75) is 58.9 Å². The van der Waals surface area contributed by atoms with Crippen LogP contribution in [0.15, 0.2) is 4.99 Å². The molecule has 2 aliphatic heterocycles. The summed E-state index contributed by atoms with van der Waals surface area (Å²) in [6.07, 6.45) is 6.41. The van der Waals surface area contributed by atoms with Crippen LogP contribution >= 0.6 is 0 Å². The number of guanidine groups is 1. The molecule has 0 aliphatic carbocycles. The molecule has 164 valence electrons. The molecule has 0 spiro atoms. The van der Waals surface area contributed by atoms with E-state index < -0.39 is 0 Å². The van der Waals surface area contributed by atoms with E-state index in [1.807, 2.05) is 7.05 Å². The Labute approximate surface area is 173 Å². The lowest BCUT2D eigenvalue weighted by Gasteiger charge is -2.35. The molecule has 0 aromatic carbocycles.